The number of rotatable bonds is 4. The molecular formula is C23H28N2O4. The molecule has 0 amide bonds. The third-order valence-electron chi connectivity index (χ3n) is 5.90. The number of esters is 1. The number of ketones is 1. The zero-order chi connectivity index (χ0) is 20.6. The molecule has 0 radical (unpaired) electrons. The first kappa shape index (κ1) is 19.8. The summed E-state index contributed by atoms with van der Waals surface area (Å²) in [6, 6.07) is 3.75. The first-order chi connectivity index (χ1) is 13.9. The van der Waals surface area contributed by atoms with E-state index in [1.807, 2.05) is 19.1 Å². The fraction of sp³-hybridized carbons (Fsp3) is 0.522. The fourth-order valence-electron chi connectivity index (χ4n) is 4.61. The van der Waals surface area contributed by atoms with Gasteiger partial charge in [-0.3, -0.25) is 9.78 Å². The van der Waals surface area contributed by atoms with Gasteiger partial charge in [-0.15, -0.1) is 0 Å². The molecular weight excluding hydrogens is 368 g/mol. The lowest BCUT2D eigenvalue weighted by atomic mass is 9.69. The quantitative estimate of drug-likeness (QED) is 0.786. The number of hydrogen-bond donors (Lipinski definition) is 1. The van der Waals surface area contributed by atoms with Crippen molar-refractivity contribution in [3.63, 3.8) is 0 Å². The number of carbonyl (C=O) groups is 2. The molecule has 1 aromatic heterocycles. The summed E-state index contributed by atoms with van der Waals surface area (Å²) in [6.45, 7) is 7.02. The van der Waals surface area contributed by atoms with Crippen LogP contribution < -0.4 is 5.32 Å². The second kappa shape index (κ2) is 7.75. The molecule has 1 aromatic rings. The number of pyridine rings is 1. The minimum absolute atomic E-state index is 0.0415. The molecule has 154 valence electrons. The Labute approximate surface area is 171 Å². The van der Waals surface area contributed by atoms with Crippen molar-refractivity contribution in [1.82, 2.24) is 10.3 Å². The van der Waals surface area contributed by atoms with Crippen LogP contribution in [0.2, 0.25) is 0 Å². The van der Waals surface area contributed by atoms with Crippen LogP contribution in [0.1, 0.15) is 57.9 Å². The Bertz CT molecular complexity index is 879. The zero-order valence-electron chi connectivity index (χ0n) is 17.3. The lowest BCUT2D eigenvalue weighted by Gasteiger charge is -2.39. The maximum Gasteiger partial charge on any atom is 0.336 e. The molecule has 1 saturated heterocycles. The van der Waals surface area contributed by atoms with Gasteiger partial charge in [0.15, 0.2) is 5.78 Å². The van der Waals surface area contributed by atoms with Gasteiger partial charge in [-0.2, -0.15) is 0 Å². The number of ether oxygens (including phenoxy) is 2. The number of Topliss-reactive ketones (excluding diaryl/α,β-unsaturated/α-hetero) is 1. The first-order valence-electron chi connectivity index (χ1n) is 10.3. The highest BCUT2D eigenvalue weighted by atomic mass is 16.6. The number of carbonyl (C=O) groups excluding carboxylic acids is 2. The van der Waals surface area contributed by atoms with Crippen molar-refractivity contribution in [2.75, 3.05) is 13.2 Å². The van der Waals surface area contributed by atoms with E-state index in [-0.39, 0.29) is 23.9 Å². The normalized spacial score (nSPS) is 26.2. The molecule has 0 bridgehead atoms. The van der Waals surface area contributed by atoms with E-state index in [0.29, 0.717) is 24.2 Å². The SMILES string of the molecule is CC1=C(C(=O)OC[C@@H]2CCCO2)[C@@H](c2cccnc2)C2=C(CC(C)(C)CC2=O)N1. The Morgan fingerprint density at radius 1 is 1.38 bits per heavy atom. The molecule has 2 aliphatic heterocycles. The number of nitrogens with one attached hydrogen (secondary N) is 1. The van der Waals surface area contributed by atoms with E-state index in [9.17, 15) is 9.59 Å². The van der Waals surface area contributed by atoms with Crippen molar-refractivity contribution < 1.29 is 19.1 Å². The van der Waals surface area contributed by atoms with E-state index in [1.54, 1.807) is 12.4 Å². The summed E-state index contributed by atoms with van der Waals surface area (Å²) in [5, 5.41) is 3.35. The maximum absolute atomic E-state index is 13.2. The van der Waals surface area contributed by atoms with Crippen LogP contribution in [0.4, 0.5) is 0 Å². The van der Waals surface area contributed by atoms with E-state index < -0.39 is 11.9 Å². The second-order valence-corrected chi connectivity index (χ2v) is 8.95. The van der Waals surface area contributed by atoms with Crippen LogP contribution in [0.5, 0.6) is 0 Å². The lowest BCUT2D eigenvalue weighted by Crippen LogP contribution is -2.39. The van der Waals surface area contributed by atoms with E-state index >= 15 is 0 Å². The second-order valence-electron chi connectivity index (χ2n) is 8.95. The standard InChI is InChI=1S/C23H28N2O4/c1-14-19(22(27)29-13-16-7-5-9-28-16)20(15-6-4-8-24-12-15)21-17(25-14)10-23(2,3)11-18(21)26/h4,6,8,12,16,20,25H,5,7,9-11,13H2,1-3H3/t16-,20+/m0/s1. The van der Waals surface area contributed by atoms with Crippen LogP contribution in [-0.2, 0) is 19.1 Å². The number of nitrogens with zero attached hydrogens (tertiary/aromatic N) is 1. The molecule has 2 atom stereocenters. The molecule has 1 fully saturated rings. The molecule has 29 heavy (non-hydrogen) atoms. The minimum atomic E-state index is -0.458. The van der Waals surface area contributed by atoms with Gasteiger partial charge in [0.2, 0.25) is 0 Å². The minimum Gasteiger partial charge on any atom is -0.459 e. The summed E-state index contributed by atoms with van der Waals surface area (Å²) >= 11 is 0. The third-order valence-corrected chi connectivity index (χ3v) is 5.90. The molecule has 0 spiro atoms. The van der Waals surface area contributed by atoms with Crippen molar-refractivity contribution in [2.45, 2.75) is 58.5 Å². The van der Waals surface area contributed by atoms with E-state index in [1.165, 1.54) is 0 Å². The molecule has 6 heteroatoms. The van der Waals surface area contributed by atoms with Crippen LogP contribution >= 0.6 is 0 Å². The zero-order valence-corrected chi connectivity index (χ0v) is 17.3. The van der Waals surface area contributed by atoms with Gasteiger partial charge in [0.25, 0.3) is 0 Å². The van der Waals surface area contributed by atoms with E-state index in [4.69, 9.17) is 9.47 Å². The van der Waals surface area contributed by atoms with Crippen molar-refractivity contribution in [1.29, 1.82) is 0 Å². The maximum atomic E-state index is 13.2. The summed E-state index contributed by atoms with van der Waals surface area (Å²) in [6.07, 6.45) is 6.50. The van der Waals surface area contributed by atoms with Crippen molar-refractivity contribution in [2.24, 2.45) is 5.41 Å². The predicted molar refractivity (Wildman–Crippen MR) is 108 cm³/mol. The molecule has 0 saturated carbocycles. The first-order valence-corrected chi connectivity index (χ1v) is 10.3. The molecule has 3 heterocycles. The summed E-state index contributed by atoms with van der Waals surface area (Å²) in [5.41, 5.74) is 3.53. The lowest BCUT2D eigenvalue weighted by molar-refractivity contribution is -0.142. The Hall–Kier alpha value is -2.47. The summed E-state index contributed by atoms with van der Waals surface area (Å²) in [7, 11) is 0. The summed E-state index contributed by atoms with van der Waals surface area (Å²) < 4.78 is 11.2. The van der Waals surface area contributed by atoms with Gasteiger partial charge in [-0.05, 0) is 43.2 Å². The predicted octanol–water partition coefficient (Wildman–Crippen LogP) is 3.41. The average Bonchev–Trinajstić information content (AvgIpc) is 3.18. The third kappa shape index (κ3) is 3.99. The molecule has 0 aromatic carbocycles. The summed E-state index contributed by atoms with van der Waals surface area (Å²) in [4.78, 5) is 30.5. The van der Waals surface area contributed by atoms with Crippen LogP contribution in [-0.4, -0.2) is 36.1 Å². The fourth-order valence-corrected chi connectivity index (χ4v) is 4.61. The van der Waals surface area contributed by atoms with Crippen LogP contribution in [0, 0.1) is 5.41 Å². The molecule has 6 nitrogen and oxygen atoms in total. The highest BCUT2D eigenvalue weighted by Crippen LogP contribution is 2.46. The monoisotopic (exact) mass is 396 g/mol. The van der Waals surface area contributed by atoms with Gasteiger partial charge in [0.05, 0.1) is 11.7 Å². The molecule has 0 unspecified atom stereocenters. The van der Waals surface area contributed by atoms with Crippen LogP contribution in [0.25, 0.3) is 0 Å². The van der Waals surface area contributed by atoms with Gasteiger partial charge in [0, 0.05) is 48.3 Å². The Morgan fingerprint density at radius 3 is 2.90 bits per heavy atom. The molecule has 3 aliphatic rings. The molecule has 1 aliphatic carbocycles. The van der Waals surface area contributed by atoms with E-state index in [2.05, 4.69) is 24.1 Å². The van der Waals surface area contributed by atoms with Gasteiger partial charge in [0.1, 0.15) is 6.61 Å². The Balaban J connectivity index is 1.70. The van der Waals surface area contributed by atoms with Crippen LogP contribution in [0.15, 0.2) is 47.1 Å². The highest BCUT2D eigenvalue weighted by molar-refractivity contribution is 6.04. The number of aromatic nitrogens is 1. The highest BCUT2D eigenvalue weighted by Gasteiger charge is 2.43. The van der Waals surface area contributed by atoms with E-state index in [0.717, 1.165) is 36.2 Å². The smallest absolute Gasteiger partial charge is 0.336 e. The van der Waals surface area contributed by atoms with Crippen molar-refractivity contribution in [3.05, 3.63) is 52.6 Å². The molecule has 1 N–H and O–H groups in total. The van der Waals surface area contributed by atoms with Gasteiger partial charge in [-0.25, -0.2) is 4.79 Å². The number of dihydropyridines is 1. The van der Waals surface area contributed by atoms with Gasteiger partial charge < -0.3 is 14.8 Å². The average molecular weight is 396 g/mol. The summed E-state index contributed by atoms with van der Waals surface area (Å²) in [5.74, 6) is -0.779. The van der Waals surface area contributed by atoms with Crippen molar-refractivity contribution >= 4 is 11.8 Å². The Morgan fingerprint density at radius 2 is 2.21 bits per heavy atom. The van der Waals surface area contributed by atoms with Crippen molar-refractivity contribution in [3.8, 4) is 0 Å². The Kier molecular flexibility index (Phi) is 5.30. The van der Waals surface area contributed by atoms with Gasteiger partial charge >= 0.3 is 5.97 Å². The number of allylic oxidation sites excluding steroid dienone is 3. The molecule has 4 rings (SSSR count). The largest absolute Gasteiger partial charge is 0.459 e. The van der Waals surface area contributed by atoms with Crippen LogP contribution in [0.3, 0.4) is 0 Å². The topological polar surface area (TPSA) is 77.5 Å². The number of hydrogen-bond acceptors (Lipinski definition) is 6. The van der Waals surface area contributed by atoms with Gasteiger partial charge in [-0.1, -0.05) is 19.9 Å².